The number of amides is 1. The molecule has 1 aromatic heterocycles. The van der Waals surface area contributed by atoms with Gasteiger partial charge < -0.3 is 15.6 Å². The molecule has 2 aromatic rings. The number of nitrogens with two attached hydrogens (primary N) is 1. The Morgan fingerprint density at radius 1 is 1.32 bits per heavy atom. The van der Waals surface area contributed by atoms with Crippen LogP contribution in [0.5, 0.6) is 0 Å². The summed E-state index contributed by atoms with van der Waals surface area (Å²) in [6.45, 7) is 3.98. The minimum atomic E-state index is -3.64. The van der Waals surface area contributed by atoms with E-state index in [4.69, 9.17) is 10.3 Å². The molecule has 1 amide bonds. The predicted octanol–water partition coefficient (Wildman–Crippen LogP) is 1.10. The van der Waals surface area contributed by atoms with E-state index >= 15 is 0 Å². The zero-order valence-electron chi connectivity index (χ0n) is 14.2. The Bertz CT molecular complexity index is 826. The van der Waals surface area contributed by atoms with Crippen LogP contribution in [0.25, 0.3) is 0 Å². The summed E-state index contributed by atoms with van der Waals surface area (Å²) in [6.07, 6.45) is 0.744. The monoisotopic (exact) mass is 366 g/mol. The second-order valence-corrected chi connectivity index (χ2v) is 7.33. The molecule has 0 unspecified atom stereocenters. The van der Waals surface area contributed by atoms with E-state index in [0.717, 1.165) is 11.3 Å². The van der Waals surface area contributed by atoms with Gasteiger partial charge in [-0.25, -0.2) is 13.1 Å². The number of nitrogens with zero attached hydrogens (tertiary/aromatic N) is 1. The third-order valence-electron chi connectivity index (χ3n) is 3.65. The highest BCUT2D eigenvalue weighted by molar-refractivity contribution is 7.89. The molecule has 0 radical (unpaired) electrons. The van der Waals surface area contributed by atoms with Crippen LogP contribution in [0, 0.1) is 13.8 Å². The maximum absolute atomic E-state index is 12.1. The molecule has 136 valence electrons. The number of carbonyl (C=O) groups is 1. The van der Waals surface area contributed by atoms with E-state index in [1.807, 2.05) is 6.92 Å². The Kier molecular flexibility index (Phi) is 6.29. The summed E-state index contributed by atoms with van der Waals surface area (Å²) in [5.41, 5.74) is 7.41. The summed E-state index contributed by atoms with van der Waals surface area (Å²) in [4.78, 5) is 12.2. The SMILES string of the molecule is Cc1noc(C)c1CCC(=O)Nc1cccc(S(=O)(=O)NCCN)c1. The first kappa shape index (κ1) is 19.1. The largest absolute Gasteiger partial charge is 0.361 e. The summed E-state index contributed by atoms with van der Waals surface area (Å²) in [6, 6.07) is 6.07. The number of aryl methyl sites for hydroxylation is 2. The van der Waals surface area contributed by atoms with Gasteiger partial charge in [-0.2, -0.15) is 0 Å². The van der Waals surface area contributed by atoms with E-state index in [1.54, 1.807) is 19.1 Å². The Morgan fingerprint density at radius 2 is 2.08 bits per heavy atom. The molecule has 0 saturated heterocycles. The van der Waals surface area contributed by atoms with Crippen molar-refractivity contribution >= 4 is 21.6 Å². The number of anilines is 1. The van der Waals surface area contributed by atoms with E-state index in [1.165, 1.54) is 12.1 Å². The number of aromatic nitrogens is 1. The Labute approximate surface area is 146 Å². The zero-order valence-corrected chi connectivity index (χ0v) is 15.0. The van der Waals surface area contributed by atoms with E-state index in [0.29, 0.717) is 17.9 Å². The molecule has 0 aliphatic carbocycles. The van der Waals surface area contributed by atoms with Gasteiger partial charge in [-0.05, 0) is 38.5 Å². The molecular weight excluding hydrogens is 344 g/mol. The fourth-order valence-corrected chi connectivity index (χ4v) is 3.43. The lowest BCUT2D eigenvalue weighted by atomic mass is 10.1. The van der Waals surface area contributed by atoms with E-state index in [-0.39, 0.29) is 30.3 Å². The number of sulfonamides is 1. The first-order valence-corrected chi connectivity index (χ1v) is 9.33. The lowest BCUT2D eigenvalue weighted by molar-refractivity contribution is -0.116. The number of hydrogen-bond acceptors (Lipinski definition) is 6. The first-order chi connectivity index (χ1) is 11.8. The lowest BCUT2D eigenvalue weighted by Gasteiger charge is -2.09. The molecule has 4 N–H and O–H groups in total. The van der Waals surface area contributed by atoms with Crippen LogP contribution >= 0.6 is 0 Å². The van der Waals surface area contributed by atoms with Crippen molar-refractivity contribution in [1.29, 1.82) is 0 Å². The second kappa shape index (κ2) is 8.24. The fourth-order valence-electron chi connectivity index (χ4n) is 2.34. The molecule has 0 saturated carbocycles. The van der Waals surface area contributed by atoms with Crippen LogP contribution in [0.3, 0.4) is 0 Å². The van der Waals surface area contributed by atoms with Crippen LogP contribution in [0.4, 0.5) is 5.69 Å². The van der Waals surface area contributed by atoms with Gasteiger partial charge in [0.2, 0.25) is 15.9 Å². The minimum absolute atomic E-state index is 0.0736. The average molecular weight is 366 g/mol. The molecule has 0 spiro atoms. The summed E-state index contributed by atoms with van der Waals surface area (Å²) < 4.78 is 31.6. The molecular formula is C16H22N4O4S. The first-order valence-electron chi connectivity index (χ1n) is 7.85. The molecule has 2 rings (SSSR count). The van der Waals surface area contributed by atoms with Gasteiger partial charge in [0, 0.05) is 30.8 Å². The predicted molar refractivity (Wildman–Crippen MR) is 93.6 cm³/mol. The Morgan fingerprint density at radius 3 is 2.72 bits per heavy atom. The van der Waals surface area contributed by atoms with Crippen molar-refractivity contribution in [3.05, 3.63) is 41.3 Å². The van der Waals surface area contributed by atoms with Crippen LogP contribution in [0.2, 0.25) is 0 Å². The van der Waals surface area contributed by atoms with Crippen molar-refractivity contribution in [3.63, 3.8) is 0 Å². The number of rotatable bonds is 8. The molecule has 8 nitrogen and oxygen atoms in total. The fraction of sp³-hybridized carbons (Fsp3) is 0.375. The zero-order chi connectivity index (χ0) is 18.4. The summed E-state index contributed by atoms with van der Waals surface area (Å²) >= 11 is 0. The molecule has 0 fully saturated rings. The molecule has 9 heteroatoms. The quantitative estimate of drug-likeness (QED) is 0.642. The second-order valence-electron chi connectivity index (χ2n) is 5.57. The number of hydrogen-bond donors (Lipinski definition) is 3. The maximum atomic E-state index is 12.1. The van der Waals surface area contributed by atoms with Crippen LogP contribution in [-0.2, 0) is 21.2 Å². The molecule has 1 aromatic carbocycles. The maximum Gasteiger partial charge on any atom is 0.240 e. The Hall–Kier alpha value is -2.23. The summed E-state index contributed by atoms with van der Waals surface area (Å²) in [7, 11) is -3.64. The summed E-state index contributed by atoms with van der Waals surface area (Å²) in [5.74, 6) is 0.480. The molecule has 0 bridgehead atoms. The van der Waals surface area contributed by atoms with Gasteiger partial charge in [-0.15, -0.1) is 0 Å². The van der Waals surface area contributed by atoms with Gasteiger partial charge in [-0.3, -0.25) is 4.79 Å². The topological polar surface area (TPSA) is 127 Å². The third-order valence-corrected chi connectivity index (χ3v) is 5.11. The van der Waals surface area contributed by atoms with Gasteiger partial charge in [0.1, 0.15) is 5.76 Å². The van der Waals surface area contributed by atoms with Crippen LogP contribution in [0.1, 0.15) is 23.4 Å². The molecule has 0 atom stereocenters. The van der Waals surface area contributed by atoms with Gasteiger partial charge in [0.15, 0.2) is 0 Å². The standard InChI is InChI=1S/C16H22N4O4S/c1-11-15(12(2)24-20-11)6-7-16(21)19-13-4-3-5-14(10-13)25(22,23)18-9-8-17/h3-5,10,18H,6-9,17H2,1-2H3,(H,19,21). The van der Waals surface area contributed by atoms with Gasteiger partial charge in [0.25, 0.3) is 0 Å². The number of benzene rings is 1. The number of nitrogens with one attached hydrogen (secondary N) is 2. The highest BCUT2D eigenvalue weighted by atomic mass is 32.2. The lowest BCUT2D eigenvalue weighted by Crippen LogP contribution is -2.29. The van der Waals surface area contributed by atoms with Crippen molar-refractivity contribution in [3.8, 4) is 0 Å². The van der Waals surface area contributed by atoms with Crippen molar-refractivity contribution in [2.24, 2.45) is 5.73 Å². The van der Waals surface area contributed by atoms with Crippen LogP contribution in [-0.4, -0.2) is 32.6 Å². The third kappa shape index (κ3) is 5.12. The van der Waals surface area contributed by atoms with Crippen molar-refractivity contribution < 1.29 is 17.7 Å². The normalized spacial score (nSPS) is 11.5. The number of carbonyl (C=O) groups excluding carboxylic acids is 1. The van der Waals surface area contributed by atoms with Gasteiger partial charge in [0.05, 0.1) is 10.6 Å². The van der Waals surface area contributed by atoms with E-state index < -0.39 is 10.0 Å². The highest BCUT2D eigenvalue weighted by Crippen LogP contribution is 2.17. The molecule has 0 aliphatic heterocycles. The van der Waals surface area contributed by atoms with Crippen LogP contribution < -0.4 is 15.8 Å². The molecule has 1 heterocycles. The van der Waals surface area contributed by atoms with Crippen molar-refractivity contribution in [1.82, 2.24) is 9.88 Å². The summed E-state index contributed by atoms with van der Waals surface area (Å²) in [5, 5.41) is 6.56. The average Bonchev–Trinajstić information content (AvgIpc) is 2.89. The molecule has 0 aliphatic rings. The minimum Gasteiger partial charge on any atom is -0.361 e. The van der Waals surface area contributed by atoms with Gasteiger partial charge in [-0.1, -0.05) is 11.2 Å². The van der Waals surface area contributed by atoms with Crippen molar-refractivity contribution in [2.75, 3.05) is 18.4 Å². The molecule has 25 heavy (non-hydrogen) atoms. The van der Waals surface area contributed by atoms with E-state index in [2.05, 4.69) is 15.2 Å². The van der Waals surface area contributed by atoms with Crippen LogP contribution in [0.15, 0.2) is 33.7 Å². The smallest absolute Gasteiger partial charge is 0.240 e. The van der Waals surface area contributed by atoms with Crippen molar-refractivity contribution in [2.45, 2.75) is 31.6 Å². The van der Waals surface area contributed by atoms with E-state index in [9.17, 15) is 13.2 Å². The Balaban J connectivity index is 2.00. The van der Waals surface area contributed by atoms with Gasteiger partial charge >= 0.3 is 0 Å². The highest BCUT2D eigenvalue weighted by Gasteiger charge is 2.15.